The monoisotopic (exact) mass is 255 g/mol. The number of carboxylic acid groups (broad SMARTS) is 1. The van der Waals surface area contributed by atoms with Gasteiger partial charge in [0.2, 0.25) is 0 Å². The fourth-order valence-corrected chi connectivity index (χ4v) is 2.11. The zero-order chi connectivity index (χ0) is 12.5. The average Bonchev–Trinajstić information content (AvgIpc) is 2.34. The normalized spacial score (nSPS) is 12.3. The molecule has 1 atom stereocenters. The molecule has 0 heterocycles. The van der Waals surface area contributed by atoms with Crippen molar-refractivity contribution in [3.05, 3.63) is 30.3 Å². The van der Waals surface area contributed by atoms with Crippen molar-refractivity contribution in [2.75, 3.05) is 26.0 Å². The molecule has 0 amide bonds. The Morgan fingerprint density at radius 2 is 2.18 bits per heavy atom. The molecular weight excluding hydrogens is 238 g/mol. The van der Waals surface area contributed by atoms with E-state index in [0.29, 0.717) is 6.54 Å². The number of thioether (sulfide) groups is 1. The molecule has 0 spiro atoms. The zero-order valence-electron chi connectivity index (χ0n) is 9.76. The Morgan fingerprint density at radius 1 is 1.47 bits per heavy atom. The van der Waals surface area contributed by atoms with Crippen LogP contribution in [0.4, 0.5) is 0 Å². The van der Waals surface area contributed by atoms with Crippen molar-refractivity contribution in [2.24, 2.45) is 0 Å². The molecule has 2 N–H and O–H groups in total. The second-order valence-electron chi connectivity index (χ2n) is 3.46. The first kappa shape index (κ1) is 14.0. The number of hydrogen-bond donors (Lipinski definition) is 2. The number of carbonyl (C=O) groups is 1. The summed E-state index contributed by atoms with van der Waals surface area (Å²) < 4.78 is 4.83. The minimum Gasteiger partial charge on any atom is -0.480 e. The molecular formula is C12H17NO3S. The summed E-state index contributed by atoms with van der Waals surface area (Å²) in [6.45, 7) is 0.825. The van der Waals surface area contributed by atoms with Crippen molar-refractivity contribution in [1.82, 2.24) is 5.32 Å². The zero-order valence-corrected chi connectivity index (χ0v) is 10.6. The SMILES string of the molecule is COCC(NCCSc1ccccc1)C(=O)O. The first-order valence-electron chi connectivity index (χ1n) is 5.37. The molecule has 1 aromatic carbocycles. The lowest BCUT2D eigenvalue weighted by Gasteiger charge is -2.12. The highest BCUT2D eigenvalue weighted by molar-refractivity contribution is 7.99. The molecule has 1 aromatic rings. The molecule has 17 heavy (non-hydrogen) atoms. The standard InChI is InChI=1S/C12H17NO3S/c1-16-9-11(12(14)15)13-7-8-17-10-5-3-2-4-6-10/h2-6,11,13H,7-9H2,1H3,(H,14,15). The van der Waals surface area contributed by atoms with Gasteiger partial charge in [-0.05, 0) is 12.1 Å². The Labute approximate surface area is 105 Å². The molecule has 0 bridgehead atoms. The van der Waals surface area contributed by atoms with Crippen LogP contribution in [0.2, 0.25) is 0 Å². The van der Waals surface area contributed by atoms with Gasteiger partial charge in [-0.25, -0.2) is 0 Å². The van der Waals surface area contributed by atoms with Crippen molar-refractivity contribution in [2.45, 2.75) is 10.9 Å². The Hall–Kier alpha value is -1.04. The molecule has 0 aromatic heterocycles. The molecule has 4 nitrogen and oxygen atoms in total. The molecule has 1 unspecified atom stereocenters. The maximum atomic E-state index is 10.8. The molecule has 0 saturated heterocycles. The van der Waals surface area contributed by atoms with E-state index >= 15 is 0 Å². The molecule has 0 fully saturated rings. The lowest BCUT2D eigenvalue weighted by molar-refractivity contribution is -0.140. The molecule has 5 heteroatoms. The fourth-order valence-electron chi connectivity index (χ4n) is 1.30. The summed E-state index contributed by atoms with van der Waals surface area (Å²) in [6.07, 6.45) is 0. The van der Waals surface area contributed by atoms with Gasteiger partial charge in [-0.15, -0.1) is 11.8 Å². The number of benzene rings is 1. The maximum absolute atomic E-state index is 10.8. The largest absolute Gasteiger partial charge is 0.480 e. The van der Waals surface area contributed by atoms with E-state index in [1.807, 2.05) is 30.3 Å². The summed E-state index contributed by atoms with van der Waals surface area (Å²) in [6, 6.07) is 9.39. The van der Waals surface area contributed by atoms with Gasteiger partial charge in [-0.2, -0.15) is 0 Å². The van der Waals surface area contributed by atoms with Gasteiger partial charge >= 0.3 is 5.97 Å². The molecule has 94 valence electrons. The van der Waals surface area contributed by atoms with Crippen LogP contribution in [0.3, 0.4) is 0 Å². The fraction of sp³-hybridized carbons (Fsp3) is 0.417. The minimum absolute atomic E-state index is 0.186. The Balaban J connectivity index is 2.20. The van der Waals surface area contributed by atoms with Crippen LogP contribution in [0.1, 0.15) is 0 Å². The summed E-state index contributed by atoms with van der Waals surface area (Å²) in [7, 11) is 1.50. The van der Waals surface area contributed by atoms with E-state index in [1.165, 1.54) is 12.0 Å². The number of aliphatic carboxylic acids is 1. The van der Waals surface area contributed by atoms with Gasteiger partial charge in [0.25, 0.3) is 0 Å². The number of rotatable bonds is 8. The Kier molecular flexibility index (Phi) is 6.69. The van der Waals surface area contributed by atoms with Crippen molar-refractivity contribution >= 4 is 17.7 Å². The third-order valence-corrected chi connectivity index (χ3v) is 3.15. The van der Waals surface area contributed by atoms with Crippen molar-refractivity contribution in [1.29, 1.82) is 0 Å². The predicted octanol–water partition coefficient (Wildman–Crippen LogP) is 1.47. The maximum Gasteiger partial charge on any atom is 0.323 e. The van der Waals surface area contributed by atoms with E-state index in [0.717, 1.165) is 5.75 Å². The quantitative estimate of drug-likeness (QED) is 0.544. The van der Waals surface area contributed by atoms with Crippen molar-refractivity contribution in [3.8, 4) is 0 Å². The topological polar surface area (TPSA) is 58.6 Å². The number of carboxylic acids is 1. The van der Waals surface area contributed by atoms with Crippen molar-refractivity contribution in [3.63, 3.8) is 0 Å². The molecule has 1 rings (SSSR count). The molecule has 0 aliphatic heterocycles. The van der Waals surface area contributed by atoms with E-state index in [-0.39, 0.29) is 6.61 Å². The molecule has 0 radical (unpaired) electrons. The summed E-state index contributed by atoms with van der Waals surface area (Å²) in [5.41, 5.74) is 0. The molecule has 0 aliphatic carbocycles. The Morgan fingerprint density at radius 3 is 2.76 bits per heavy atom. The summed E-state index contributed by atoms with van der Waals surface area (Å²) in [5.74, 6) is -0.0473. The lowest BCUT2D eigenvalue weighted by Crippen LogP contribution is -2.41. The number of methoxy groups -OCH3 is 1. The molecule has 0 aliphatic rings. The van der Waals surface area contributed by atoms with Gasteiger partial charge in [0.1, 0.15) is 6.04 Å². The smallest absolute Gasteiger partial charge is 0.323 e. The van der Waals surface area contributed by atoms with Crippen LogP contribution in [0.25, 0.3) is 0 Å². The third-order valence-electron chi connectivity index (χ3n) is 2.14. The minimum atomic E-state index is -0.878. The van der Waals surface area contributed by atoms with Gasteiger partial charge in [0, 0.05) is 24.3 Å². The predicted molar refractivity (Wildman–Crippen MR) is 68.5 cm³/mol. The average molecular weight is 255 g/mol. The van der Waals surface area contributed by atoms with E-state index < -0.39 is 12.0 Å². The van der Waals surface area contributed by atoms with E-state index in [2.05, 4.69) is 5.32 Å². The van der Waals surface area contributed by atoms with Crippen LogP contribution >= 0.6 is 11.8 Å². The summed E-state index contributed by atoms with van der Waals surface area (Å²) in [4.78, 5) is 12.0. The van der Waals surface area contributed by atoms with Gasteiger partial charge in [0.15, 0.2) is 0 Å². The first-order chi connectivity index (χ1) is 8.24. The van der Waals surface area contributed by atoms with Crippen LogP contribution in [-0.4, -0.2) is 43.1 Å². The van der Waals surface area contributed by atoms with Crippen LogP contribution in [0, 0.1) is 0 Å². The lowest BCUT2D eigenvalue weighted by atomic mass is 10.3. The van der Waals surface area contributed by atoms with Crippen molar-refractivity contribution < 1.29 is 14.6 Å². The first-order valence-corrected chi connectivity index (χ1v) is 6.35. The number of ether oxygens (including phenoxy) is 1. The Bertz CT molecular complexity index is 332. The van der Waals surface area contributed by atoms with Crippen LogP contribution in [0.5, 0.6) is 0 Å². The number of hydrogen-bond acceptors (Lipinski definition) is 4. The highest BCUT2D eigenvalue weighted by Crippen LogP contribution is 2.15. The molecule has 0 saturated carbocycles. The van der Waals surface area contributed by atoms with Gasteiger partial charge in [-0.1, -0.05) is 18.2 Å². The van der Waals surface area contributed by atoms with Crippen LogP contribution < -0.4 is 5.32 Å². The van der Waals surface area contributed by atoms with E-state index in [1.54, 1.807) is 11.8 Å². The van der Waals surface area contributed by atoms with E-state index in [4.69, 9.17) is 9.84 Å². The highest BCUT2D eigenvalue weighted by atomic mass is 32.2. The van der Waals surface area contributed by atoms with Crippen LogP contribution in [-0.2, 0) is 9.53 Å². The summed E-state index contributed by atoms with van der Waals surface area (Å²) in [5, 5.41) is 11.8. The third kappa shape index (κ3) is 5.72. The van der Waals surface area contributed by atoms with Gasteiger partial charge in [0.05, 0.1) is 6.61 Å². The second-order valence-corrected chi connectivity index (χ2v) is 4.63. The van der Waals surface area contributed by atoms with Crippen LogP contribution in [0.15, 0.2) is 35.2 Å². The van der Waals surface area contributed by atoms with Gasteiger partial charge in [-0.3, -0.25) is 4.79 Å². The second kappa shape index (κ2) is 8.11. The van der Waals surface area contributed by atoms with Gasteiger partial charge < -0.3 is 15.2 Å². The highest BCUT2D eigenvalue weighted by Gasteiger charge is 2.15. The number of nitrogens with one attached hydrogen (secondary N) is 1. The van der Waals surface area contributed by atoms with E-state index in [9.17, 15) is 4.79 Å². The summed E-state index contributed by atoms with van der Waals surface area (Å²) >= 11 is 1.70.